The van der Waals surface area contributed by atoms with Gasteiger partial charge in [0.15, 0.2) is 0 Å². The lowest BCUT2D eigenvalue weighted by Gasteiger charge is -2.31. The number of piperazine rings is 1. The summed E-state index contributed by atoms with van der Waals surface area (Å²) in [5.74, 6) is 0. The highest BCUT2D eigenvalue weighted by molar-refractivity contribution is 7.99. The average molecular weight is 425 g/mol. The summed E-state index contributed by atoms with van der Waals surface area (Å²) in [5, 5.41) is 1.81. The minimum absolute atomic E-state index is 0.612. The van der Waals surface area contributed by atoms with E-state index in [0.717, 1.165) is 44.8 Å². The summed E-state index contributed by atoms with van der Waals surface area (Å²) in [6.07, 6.45) is 4.87. The maximum absolute atomic E-state index is 10.3. The summed E-state index contributed by atoms with van der Waals surface area (Å²) in [5.41, 5.74) is 4.58. The molecule has 6 heteroatoms. The van der Waals surface area contributed by atoms with Crippen molar-refractivity contribution in [3.63, 3.8) is 0 Å². The van der Waals surface area contributed by atoms with Crippen LogP contribution < -0.4 is 0 Å². The Morgan fingerprint density at radius 1 is 1.13 bits per heavy atom. The lowest BCUT2D eigenvalue weighted by molar-refractivity contribution is -0.119. The number of fused-ring (bicyclic) bond motifs is 1. The molecule has 0 atom stereocenters. The van der Waals surface area contributed by atoms with E-state index in [1.807, 2.05) is 29.1 Å². The van der Waals surface area contributed by atoms with Crippen LogP contribution in [0.3, 0.4) is 0 Å². The van der Waals surface area contributed by atoms with Crippen molar-refractivity contribution in [3.05, 3.63) is 48.3 Å². The van der Waals surface area contributed by atoms with Crippen molar-refractivity contribution in [2.24, 2.45) is 0 Å². The van der Waals surface area contributed by atoms with Gasteiger partial charge in [0.1, 0.15) is 5.65 Å². The monoisotopic (exact) mass is 424 g/mol. The zero-order valence-electron chi connectivity index (χ0n) is 18.4. The fourth-order valence-corrected chi connectivity index (χ4v) is 4.31. The number of carbonyl (C=O) groups is 1. The Kier molecular flexibility index (Phi) is 7.94. The molecule has 0 spiro atoms. The molecule has 1 aliphatic rings. The first kappa shape index (κ1) is 22.4. The first-order valence-corrected chi connectivity index (χ1v) is 11.5. The van der Waals surface area contributed by atoms with Crippen LogP contribution in [0, 0.1) is 6.92 Å². The number of pyridine rings is 1. The molecule has 2 aromatic heterocycles. The Morgan fingerprint density at radius 2 is 1.83 bits per heavy atom. The average Bonchev–Trinajstić information content (AvgIpc) is 3.14. The van der Waals surface area contributed by atoms with Gasteiger partial charge in [0, 0.05) is 59.7 Å². The maximum atomic E-state index is 10.3. The smallest absolute Gasteiger partial charge is 0.209 e. The standard InChI is InChI=1S/C17H18N2S.C7H14N2O/c1-11(2)20-15-6-4-13(5-7-15)14-8-16-12(3)9-18-17(16)19-10-14;1-2-8-3-5-9(7-10)6-4-8/h4-11H,1-3H3,(H,18,19);7H,2-6H2,1H3. The van der Waals surface area contributed by atoms with Crippen LogP contribution in [0.25, 0.3) is 22.2 Å². The van der Waals surface area contributed by atoms with Gasteiger partial charge in [-0.2, -0.15) is 0 Å². The summed E-state index contributed by atoms with van der Waals surface area (Å²) in [4.78, 5) is 23.4. The molecule has 3 heterocycles. The van der Waals surface area contributed by atoms with E-state index >= 15 is 0 Å². The van der Waals surface area contributed by atoms with Crippen LogP contribution in [0.4, 0.5) is 0 Å². The van der Waals surface area contributed by atoms with Crippen molar-refractivity contribution in [1.82, 2.24) is 19.8 Å². The van der Waals surface area contributed by atoms with Crippen LogP contribution in [0.2, 0.25) is 0 Å². The van der Waals surface area contributed by atoms with Crippen molar-refractivity contribution in [2.75, 3.05) is 32.7 Å². The van der Waals surface area contributed by atoms with Gasteiger partial charge in [0.05, 0.1) is 0 Å². The van der Waals surface area contributed by atoms with E-state index in [-0.39, 0.29) is 0 Å². The number of carbonyl (C=O) groups excluding carboxylic acids is 1. The Hall–Kier alpha value is -2.31. The lowest BCUT2D eigenvalue weighted by atomic mass is 10.1. The normalized spacial score (nSPS) is 14.6. The van der Waals surface area contributed by atoms with Crippen LogP contribution in [-0.2, 0) is 4.79 Å². The topological polar surface area (TPSA) is 52.2 Å². The summed E-state index contributed by atoms with van der Waals surface area (Å²) < 4.78 is 0. The lowest BCUT2D eigenvalue weighted by Crippen LogP contribution is -2.45. The number of aromatic nitrogens is 2. The van der Waals surface area contributed by atoms with Crippen molar-refractivity contribution in [3.8, 4) is 11.1 Å². The first-order chi connectivity index (χ1) is 14.5. The second-order valence-electron chi connectivity index (χ2n) is 7.86. The van der Waals surface area contributed by atoms with Crippen molar-refractivity contribution in [2.45, 2.75) is 37.8 Å². The number of thioether (sulfide) groups is 1. The van der Waals surface area contributed by atoms with Gasteiger partial charge < -0.3 is 14.8 Å². The molecular weight excluding hydrogens is 392 g/mol. The van der Waals surface area contributed by atoms with E-state index in [4.69, 9.17) is 0 Å². The summed E-state index contributed by atoms with van der Waals surface area (Å²) >= 11 is 1.89. The fraction of sp³-hybridized carbons (Fsp3) is 0.417. The van der Waals surface area contributed by atoms with Gasteiger partial charge in [-0.15, -0.1) is 11.8 Å². The Balaban J connectivity index is 0.000000216. The van der Waals surface area contributed by atoms with E-state index in [1.54, 1.807) is 0 Å². The number of likely N-dealkylation sites (N-methyl/N-ethyl adjacent to an activating group) is 1. The van der Waals surface area contributed by atoms with Crippen LogP contribution in [0.15, 0.2) is 47.6 Å². The molecule has 3 aromatic rings. The van der Waals surface area contributed by atoms with Gasteiger partial charge >= 0.3 is 0 Å². The molecule has 0 bridgehead atoms. The molecule has 4 rings (SSSR count). The molecule has 0 radical (unpaired) electrons. The zero-order valence-corrected chi connectivity index (χ0v) is 19.2. The van der Waals surface area contributed by atoms with Gasteiger partial charge in [-0.05, 0) is 42.8 Å². The Morgan fingerprint density at radius 3 is 2.43 bits per heavy atom. The van der Waals surface area contributed by atoms with Crippen molar-refractivity contribution < 1.29 is 4.79 Å². The van der Waals surface area contributed by atoms with E-state index in [9.17, 15) is 4.79 Å². The van der Waals surface area contributed by atoms with Crippen LogP contribution >= 0.6 is 11.8 Å². The number of rotatable bonds is 5. The Labute approximate surface area is 183 Å². The molecule has 1 amide bonds. The largest absolute Gasteiger partial charge is 0.346 e. The van der Waals surface area contributed by atoms with Gasteiger partial charge in [-0.1, -0.05) is 32.9 Å². The number of nitrogens with zero attached hydrogens (tertiary/aromatic N) is 3. The third-order valence-corrected chi connectivity index (χ3v) is 6.32. The SMILES string of the molecule is CCN1CCN(C=O)CC1.Cc1c[nH]c2ncc(-c3ccc(SC(C)C)cc3)cc12. The molecular formula is C24H32N4OS. The van der Waals surface area contributed by atoms with Crippen molar-refractivity contribution >= 4 is 29.2 Å². The Bertz CT molecular complexity index is 943. The quantitative estimate of drug-likeness (QED) is 0.471. The molecule has 5 nitrogen and oxygen atoms in total. The van der Waals surface area contributed by atoms with E-state index in [0.29, 0.717) is 5.25 Å². The number of aromatic amines is 1. The summed E-state index contributed by atoms with van der Waals surface area (Å²) in [6.45, 7) is 13.7. The van der Waals surface area contributed by atoms with E-state index in [2.05, 4.69) is 72.9 Å². The second-order valence-corrected chi connectivity index (χ2v) is 9.51. The number of aryl methyl sites for hydroxylation is 1. The molecule has 160 valence electrons. The van der Waals surface area contributed by atoms with Crippen LogP contribution in [-0.4, -0.2) is 64.2 Å². The second kappa shape index (κ2) is 10.6. The number of hydrogen-bond donors (Lipinski definition) is 1. The highest BCUT2D eigenvalue weighted by Crippen LogP contribution is 2.28. The third kappa shape index (κ3) is 5.86. The highest BCUT2D eigenvalue weighted by Gasteiger charge is 2.12. The predicted molar refractivity (Wildman–Crippen MR) is 127 cm³/mol. The van der Waals surface area contributed by atoms with Crippen molar-refractivity contribution in [1.29, 1.82) is 0 Å². The molecule has 1 saturated heterocycles. The molecule has 0 unspecified atom stereocenters. The molecule has 30 heavy (non-hydrogen) atoms. The molecule has 0 aliphatic carbocycles. The van der Waals surface area contributed by atoms with Gasteiger partial charge in [-0.25, -0.2) is 4.98 Å². The third-order valence-electron chi connectivity index (χ3n) is 5.30. The van der Waals surface area contributed by atoms with E-state index < -0.39 is 0 Å². The molecule has 1 aliphatic heterocycles. The van der Waals surface area contributed by atoms with E-state index in [1.165, 1.54) is 27.0 Å². The fourth-order valence-electron chi connectivity index (χ4n) is 3.48. The van der Waals surface area contributed by atoms with Gasteiger partial charge in [0.25, 0.3) is 0 Å². The molecule has 1 aromatic carbocycles. The number of hydrogen-bond acceptors (Lipinski definition) is 4. The zero-order chi connectivity index (χ0) is 21.5. The number of benzene rings is 1. The van der Waals surface area contributed by atoms with Crippen LogP contribution in [0.1, 0.15) is 26.3 Å². The van der Waals surface area contributed by atoms with Gasteiger partial charge in [-0.3, -0.25) is 4.79 Å². The molecule has 1 fully saturated rings. The minimum Gasteiger partial charge on any atom is -0.346 e. The molecule has 0 saturated carbocycles. The number of amides is 1. The highest BCUT2D eigenvalue weighted by atomic mass is 32.2. The first-order valence-electron chi connectivity index (χ1n) is 10.6. The summed E-state index contributed by atoms with van der Waals surface area (Å²) in [7, 11) is 0. The van der Waals surface area contributed by atoms with Gasteiger partial charge in [0.2, 0.25) is 6.41 Å². The maximum Gasteiger partial charge on any atom is 0.209 e. The minimum atomic E-state index is 0.612. The number of nitrogens with one attached hydrogen (secondary N) is 1. The molecule has 1 N–H and O–H groups in total. The summed E-state index contributed by atoms with van der Waals surface area (Å²) in [6, 6.07) is 10.9. The predicted octanol–water partition coefficient (Wildman–Crippen LogP) is 4.82. The van der Waals surface area contributed by atoms with Crippen LogP contribution in [0.5, 0.6) is 0 Å². The number of H-pyrrole nitrogens is 1.